The summed E-state index contributed by atoms with van der Waals surface area (Å²) in [5.41, 5.74) is 0. The second-order valence-electron chi connectivity index (χ2n) is 5.14. The van der Waals surface area contributed by atoms with Gasteiger partial charge in [0, 0.05) is 13.0 Å². The summed E-state index contributed by atoms with van der Waals surface area (Å²) in [4.78, 5) is 26.0. The summed E-state index contributed by atoms with van der Waals surface area (Å²) in [7, 11) is 0. The van der Waals surface area contributed by atoms with Crippen molar-refractivity contribution in [2.24, 2.45) is 0 Å². The summed E-state index contributed by atoms with van der Waals surface area (Å²) in [5, 5.41) is 2.89. The first-order valence-electron chi connectivity index (χ1n) is 6.79. The molecular weight excluding hydrogens is 216 g/mol. The Balaban J connectivity index is 2.05. The number of nitrogens with one attached hydrogen (secondary N) is 1. The third-order valence-corrected chi connectivity index (χ3v) is 3.82. The van der Waals surface area contributed by atoms with Gasteiger partial charge in [-0.2, -0.15) is 0 Å². The molecule has 2 aliphatic heterocycles. The zero-order valence-corrected chi connectivity index (χ0v) is 10.6. The van der Waals surface area contributed by atoms with E-state index in [0.29, 0.717) is 6.42 Å². The number of unbranched alkanes of at least 4 members (excludes halogenated alkanes) is 1. The summed E-state index contributed by atoms with van der Waals surface area (Å²) >= 11 is 0. The molecule has 2 bridgehead atoms. The van der Waals surface area contributed by atoms with Crippen LogP contribution in [0.15, 0.2) is 0 Å². The average molecular weight is 238 g/mol. The number of carbonyl (C=O) groups excluding carboxylic acids is 2. The molecule has 0 saturated carbocycles. The van der Waals surface area contributed by atoms with E-state index < -0.39 is 0 Å². The molecule has 2 fully saturated rings. The van der Waals surface area contributed by atoms with Crippen LogP contribution in [0.2, 0.25) is 0 Å². The van der Waals surface area contributed by atoms with Crippen LogP contribution in [0.3, 0.4) is 0 Å². The Kier molecular flexibility index (Phi) is 4.15. The molecule has 0 spiro atoms. The molecule has 2 aliphatic rings. The van der Waals surface area contributed by atoms with E-state index in [1.54, 1.807) is 0 Å². The number of piperazine rings is 1. The van der Waals surface area contributed by atoms with Gasteiger partial charge in [-0.15, -0.1) is 0 Å². The van der Waals surface area contributed by atoms with Gasteiger partial charge in [-0.05, 0) is 25.8 Å². The van der Waals surface area contributed by atoms with Crippen LogP contribution in [0.25, 0.3) is 0 Å². The molecule has 1 unspecified atom stereocenters. The number of ketones is 1. The zero-order valence-electron chi connectivity index (χ0n) is 10.6. The number of hydrogen-bond acceptors (Lipinski definition) is 3. The molecule has 0 aromatic heterocycles. The molecule has 96 valence electrons. The molecule has 2 saturated heterocycles. The Morgan fingerprint density at radius 3 is 2.94 bits per heavy atom. The Morgan fingerprint density at radius 2 is 2.18 bits per heavy atom. The fraction of sp³-hybridized carbons (Fsp3) is 0.846. The molecule has 4 heteroatoms. The van der Waals surface area contributed by atoms with Crippen LogP contribution < -0.4 is 5.32 Å². The van der Waals surface area contributed by atoms with Crippen LogP contribution in [0.4, 0.5) is 0 Å². The highest BCUT2D eigenvalue weighted by atomic mass is 16.2. The quantitative estimate of drug-likeness (QED) is 0.801. The van der Waals surface area contributed by atoms with E-state index in [4.69, 9.17) is 0 Å². The number of hydrogen-bond donors (Lipinski definition) is 1. The minimum Gasteiger partial charge on any atom is -0.344 e. The lowest BCUT2D eigenvalue weighted by atomic mass is 9.96. The summed E-state index contributed by atoms with van der Waals surface area (Å²) in [5.74, 6) is 0.266. The summed E-state index contributed by atoms with van der Waals surface area (Å²) in [6.45, 7) is 3.82. The Morgan fingerprint density at radius 1 is 1.35 bits per heavy atom. The maximum absolute atomic E-state index is 12.0. The minimum absolute atomic E-state index is 0.00269. The first-order valence-corrected chi connectivity index (χ1v) is 6.79. The fourth-order valence-corrected chi connectivity index (χ4v) is 2.77. The largest absolute Gasteiger partial charge is 0.344 e. The summed E-state index contributed by atoms with van der Waals surface area (Å²) in [6.07, 6.45) is 5.73. The van der Waals surface area contributed by atoms with Crippen molar-refractivity contribution in [3.05, 3.63) is 0 Å². The first kappa shape index (κ1) is 12.6. The molecule has 1 N–H and O–H groups in total. The maximum atomic E-state index is 12.0. The van der Waals surface area contributed by atoms with Crippen molar-refractivity contribution in [2.45, 2.75) is 57.5 Å². The Bertz CT molecular complexity index is 304. The molecular formula is C13H22N2O2. The molecule has 17 heavy (non-hydrogen) atoms. The normalized spacial score (nSPS) is 33.8. The van der Waals surface area contributed by atoms with Crippen molar-refractivity contribution < 1.29 is 9.59 Å². The van der Waals surface area contributed by atoms with Crippen molar-refractivity contribution in [1.82, 2.24) is 10.2 Å². The minimum atomic E-state index is -0.249. The van der Waals surface area contributed by atoms with Crippen LogP contribution in [0, 0.1) is 0 Å². The lowest BCUT2D eigenvalue weighted by molar-refractivity contribution is -0.137. The van der Waals surface area contributed by atoms with Crippen molar-refractivity contribution in [3.8, 4) is 0 Å². The smallest absolute Gasteiger partial charge is 0.237 e. The lowest BCUT2D eigenvalue weighted by Gasteiger charge is -2.40. The predicted octanol–water partition coefficient (Wildman–Crippen LogP) is 1.10. The van der Waals surface area contributed by atoms with Gasteiger partial charge in [-0.25, -0.2) is 0 Å². The molecule has 1 amide bonds. The third-order valence-electron chi connectivity index (χ3n) is 3.82. The third kappa shape index (κ3) is 2.86. The lowest BCUT2D eigenvalue weighted by Crippen LogP contribution is -2.62. The topological polar surface area (TPSA) is 49.4 Å². The molecule has 0 aromatic rings. The molecule has 0 radical (unpaired) electrons. The summed E-state index contributed by atoms with van der Waals surface area (Å²) in [6, 6.07) is -0.252. The highest BCUT2D eigenvalue weighted by Crippen LogP contribution is 2.19. The van der Waals surface area contributed by atoms with Crippen molar-refractivity contribution in [2.75, 3.05) is 13.1 Å². The Labute approximate surface area is 103 Å². The van der Waals surface area contributed by atoms with E-state index in [1.165, 1.54) is 0 Å². The van der Waals surface area contributed by atoms with E-state index in [-0.39, 0.29) is 23.8 Å². The van der Waals surface area contributed by atoms with Gasteiger partial charge in [-0.1, -0.05) is 19.8 Å². The van der Waals surface area contributed by atoms with Crippen LogP contribution in [-0.4, -0.2) is 41.8 Å². The highest BCUT2D eigenvalue weighted by Gasteiger charge is 2.37. The highest BCUT2D eigenvalue weighted by molar-refractivity contribution is 5.92. The van der Waals surface area contributed by atoms with E-state index in [0.717, 1.165) is 45.2 Å². The molecule has 2 rings (SSSR count). The maximum Gasteiger partial charge on any atom is 0.237 e. The van der Waals surface area contributed by atoms with Gasteiger partial charge in [0.15, 0.2) is 5.78 Å². The number of Topliss-reactive ketones (excluding diaryl/α,β-unsaturated/α-hetero) is 1. The first-order chi connectivity index (χ1) is 8.22. The van der Waals surface area contributed by atoms with Crippen LogP contribution in [-0.2, 0) is 9.59 Å². The van der Waals surface area contributed by atoms with E-state index in [2.05, 4.69) is 17.1 Å². The number of carbonyl (C=O) groups is 2. The van der Waals surface area contributed by atoms with Crippen molar-refractivity contribution in [3.63, 3.8) is 0 Å². The van der Waals surface area contributed by atoms with Gasteiger partial charge < -0.3 is 5.32 Å². The summed E-state index contributed by atoms with van der Waals surface area (Å²) < 4.78 is 0. The van der Waals surface area contributed by atoms with Crippen LogP contribution in [0.5, 0.6) is 0 Å². The van der Waals surface area contributed by atoms with Crippen LogP contribution >= 0.6 is 0 Å². The van der Waals surface area contributed by atoms with E-state index >= 15 is 0 Å². The predicted molar refractivity (Wildman–Crippen MR) is 65.7 cm³/mol. The fourth-order valence-electron chi connectivity index (χ4n) is 2.77. The standard InChI is InChI=1S/C13H22N2O2/c1-2-3-6-11-13(17)14-10-9-15(11)8-5-4-7-12(10)16/h10-11H,2-9H2,1H3,(H,14,17)/t10-,11-/m0/s1. The van der Waals surface area contributed by atoms with Crippen molar-refractivity contribution >= 4 is 11.7 Å². The molecule has 3 atom stereocenters. The second-order valence-corrected chi connectivity index (χ2v) is 5.14. The van der Waals surface area contributed by atoms with Gasteiger partial charge in [0.1, 0.15) is 6.04 Å². The van der Waals surface area contributed by atoms with Gasteiger partial charge in [0.05, 0.1) is 6.04 Å². The van der Waals surface area contributed by atoms with Crippen LogP contribution in [0.1, 0.15) is 45.4 Å². The van der Waals surface area contributed by atoms with E-state index in [9.17, 15) is 9.59 Å². The SMILES string of the molecule is CCCC[C@H]1C(=O)N[C@H]2CN1CCCCC2=O. The molecule has 2 heterocycles. The van der Waals surface area contributed by atoms with Gasteiger partial charge in [-0.3, -0.25) is 14.5 Å². The number of nitrogens with zero attached hydrogens (tertiary/aromatic N) is 1. The monoisotopic (exact) mass is 238 g/mol. The average Bonchev–Trinajstić information content (AvgIpc) is 2.31. The Hall–Kier alpha value is -0.900. The molecule has 0 aromatic carbocycles. The van der Waals surface area contributed by atoms with Gasteiger partial charge in [0.25, 0.3) is 0 Å². The number of rotatable bonds is 3. The molecule has 4 nitrogen and oxygen atoms in total. The van der Waals surface area contributed by atoms with Gasteiger partial charge >= 0.3 is 0 Å². The zero-order chi connectivity index (χ0) is 12.3. The van der Waals surface area contributed by atoms with Gasteiger partial charge in [0.2, 0.25) is 5.91 Å². The second kappa shape index (κ2) is 5.63. The number of fused-ring (bicyclic) bond motifs is 2. The van der Waals surface area contributed by atoms with E-state index in [1.807, 2.05) is 0 Å². The van der Waals surface area contributed by atoms with Crippen molar-refractivity contribution in [1.29, 1.82) is 0 Å². The number of amides is 1. The molecule has 0 aliphatic carbocycles.